The maximum atomic E-state index is 8.60. The molecule has 0 atom stereocenters. The molecule has 6 heteroatoms. The average Bonchev–Trinajstić information content (AvgIpc) is 2.74. The molecule has 0 aliphatic carbocycles. The molecule has 0 fully saturated rings. The topological polar surface area (TPSA) is 85.7 Å². The van der Waals surface area contributed by atoms with Crippen LogP contribution in [0.3, 0.4) is 0 Å². The lowest BCUT2D eigenvalue weighted by atomic mass is 10.2. The fourth-order valence-electron chi connectivity index (χ4n) is 2.03. The first-order valence-electron chi connectivity index (χ1n) is 6.74. The van der Waals surface area contributed by atoms with Gasteiger partial charge >= 0.3 is 0 Å². The Morgan fingerprint density at radius 1 is 1.29 bits per heavy atom. The average molecular weight is 288 g/mol. The third kappa shape index (κ3) is 3.34. The van der Waals surface area contributed by atoms with Gasteiger partial charge in [-0.3, -0.25) is 4.68 Å². The van der Waals surface area contributed by atoms with Gasteiger partial charge in [-0.15, -0.1) is 0 Å². The van der Waals surface area contributed by atoms with Gasteiger partial charge in [0, 0.05) is 11.3 Å². The van der Waals surface area contributed by atoms with E-state index in [-0.39, 0.29) is 5.84 Å². The van der Waals surface area contributed by atoms with Crippen molar-refractivity contribution in [3.8, 4) is 5.75 Å². The molecule has 0 amide bonds. The smallest absolute Gasteiger partial charge is 0.170 e. The molecular weight excluding hydrogens is 268 g/mol. The Bertz CT molecular complexity index is 644. The molecule has 1 aromatic carbocycles. The molecule has 21 heavy (non-hydrogen) atoms. The number of oxime groups is 1. The first-order valence-corrected chi connectivity index (χ1v) is 6.74. The van der Waals surface area contributed by atoms with Gasteiger partial charge in [-0.2, -0.15) is 5.10 Å². The van der Waals surface area contributed by atoms with Crippen molar-refractivity contribution in [2.75, 3.05) is 6.61 Å². The Morgan fingerprint density at radius 2 is 1.95 bits per heavy atom. The van der Waals surface area contributed by atoms with Crippen molar-refractivity contribution in [2.24, 2.45) is 10.9 Å². The number of aromatic nitrogens is 2. The largest absolute Gasteiger partial charge is 0.492 e. The van der Waals surface area contributed by atoms with Gasteiger partial charge in [0.25, 0.3) is 0 Å². The molecule has 2 rings (SSSR count). The highest BCUT2D eigenvalue weighted by atomic mass is 16.5. The van der Waals surface area contributed by atoms with Gasteiger partial charge in [-0.25, -0.2) is 0 Å². The van der Waals surface area contributed by atoms with E-state index in [0.29, 0.717) is 18.7 Å². The lowest BCUT2D eigenvalue weighted by Gasteiger charge is -2.08. The SMILES string of the molecule is Cc1nn(CCOc2ccc(C(N)=NO)cc2)c(C)c1C. The minimum absolute atomic E-state index is 0.0830. The van der Waals surface area contributed by atoms with E-state index in [1.165, 1.54) is 11.3 Å². The van der Waals surface area contributed by atoms with E-state index >= 15 is 0 Å². The maximum absolute atomic E-state index is 8.60. The molecule has 0 unspecified atom stereocenters. The number of ether oxygens (including phenoxy) is 1. The van der Waals surface area contributed by atoms with E-state index in [0.717, 1.165) is 11.4 Å². The molecule has 112 valence electrons. The van der Waals surface area contributed by atoms with Crippen LogP contribution >= 0.6 is 0 Å². The molecule has 0 aliphatic rings. The molecule has 0 aliphatic heterocycles. The molecule has 2 aromatic rings. The van der Waals surface area contributed by atoms with Crippen LogP contribution in [0, 0.1) is 20.8 Å². The number of aryl methyl sites for hydroxylation is 1. The van der Waals surface area contributed by atoms with Crippen molar-refractivity contribution in [3.63, 3.8) is 0 Å². The van der Waals surface area contributed by atoms with Crippen molar-refractivity contribution in [1.29, 1.82) is 0 Å². The first-order chi connectivity index (χ1) is 10.0. The highest BCUT2D eigenvalue weighted by Crippen LogP contribution is 2.13. The molecule has 1 aromatic heterocycles. The second-order valence-corrected chi connectivity index (χ2v) is 4.88. The second kappa shape index (κ2) is 6.30. The van der Waals surface area contributed by atoms with E-state index in [1.54, 1.807) is 24.3 Å². The van der Waals surface area contributed by atoms with Crippen molar-refractivity contribution in [3.05, 3.63) is 46.8 Å². The molecule has 0 saturated carbocycles. The zero-order valence-electron chi connectivity index (χ0n) is 12.5. The van der Waals surface area contributed by atoms with Gasteiger partial charge < -0.3 is 15.7 Å². The third-order valence-corrected chi connectivity index (χ3v) is 3.57. The van der Waals surface area contributed by atoms with Crippen LogP contribution in [0.2, 0.25) is 0 Å². The number of amidine groups is 1. The molecule has 3 N–H and O–H groups in total. The molecule has 0 bridgehead atoms. The highest BCUT2D eigenvalue weighted by molar-refractivity contribution is 5.97. The van der Waals surface area contributed by atoms with Gasteiger partial charge in [0.15, 0.2) is 5.84 Å². The Labute approximate surface area is 123 Å². The van der Waals surface area contributed by atoms with Crippen LogP contribution in [0.15, 0.2) is 29.4 Å². The number of rotatable bonds is 5. The summed E-state index contributed by atoms with van der Waals surface area (Å²) < 4.78 is 7.63. The second-order valence-electron chi connectivity index (χ2n) is 4.88. The lowest BCUT2D eigenvalue weighted by Crippen LogP contribution is -2.13. The summed E-state index contributed by atoms with van der Waals surface area (Å²) in [7, 11) is 0. The van der Waals surface area contributed by atoms with Gasteiger partial charge in [0.1, 0.15) is 12.4 Å². The van der Waals surface area contributed by atoms with E-state index in [2.05, 4.69) is 24.1 Å². The van der Waals surface area contributed by atoms with Crippen LogP contribution in [-0.4, -0.2) is 27.4 Å². The zero-order chi connectivity index (χ0) is 15.4. The van der Waals surface area contributed by atoms with Crippen LogP contribution < -0.4 is 10.5 Å². The number of benzene rings is 1. The maximum Gasteiger partial charge on any atom is 0.170 e. The number of nitrogens with two attached hydrogens (primary N) is 1. The summed E-state index contributed by atoms with van der Waals surface area (Å²) in [4.78, 5) is 0. The minimum Gasteiger partial charge on any atom is -0.492 e. The normalized spacial score (nSPS) is 11.7. The number of hydrogen-bond acceptors (Lipinski definition) is 4. The summed E-state index contributed by atoms with van der Waals surface area (Å²) in [6.45, 7) is 7.36. The molecule has 6 nitrogen and oxygen atoms in total. The van der Waals surface area contributed by atoms with E-state index < -0.39 is 0 Å². The predicted molar refractivity (Wildman–Crippen MR) is 80.9 cm³/mol. The first kappa shape index (κ1) is 14.9. The van der Waals surface area contributed by atoms with Crippen molar-refractivity contribution in [2.45, 2.75) is 27.3 Å². The Kier molecular flexibility index (Phi) is 4.47. The van der Waals surface area contributed by atoms with Crippen molar-refractivity contribution < 1.29 is 9.94 Å². The fraction of sp³-hybridized carbons (Fsp3) is 0.333. The summed E-state index contributed by atoms with van der Waals surface area (Å²) in [6.07, 6.45) is 0. The van der Waals surface area contributed by atoms with Crippen LogP contribution in [0.4, 0.5) is 0 Å². The number of nitrogens with zero attached hydrogens (tertiary/aromatic N) is 3. The van der Waals surface area contributed by atoms with Gasteiger partial charge in [0.05, 0.1) is 12.2 Å². The summed E-state index contributed by atoms with van der Waals surface area (Å²) >= 11 is 0. The van der Waals surface area contributed by atoms with Crippen LogP contribution in [-0.2, 0) is 6.54 Å². The van der Waals surface area contributed by atoms with Gasteiger partial charge in [-0.1, -0.05) is 5.16 Å². The van der Waals surface area contributed by atoms with Gasteiger partial charge in [-0.05, 0) is 50.6 Å². The van der Waals surface area contributed by atoms with Crippen molar-refractivity contribution in [1.82, 2.24) is 9.78 Å². The van der Waals surface area contributed by atoms with Crippen LogP contribution in [0.5, 0.6) is 5.75 Å². The summed E-state index contributed by atoms with van der Waals surface area (Å²) in [5.74, 6) is 0.822. The summed E-state index contributed by atoms with van der Waals surface area (Å²) in [5, 5.41) is 16.0. The molecule has 0 saturated heterocycles. The van der Waals surface area contributed by atoms with E-state index in [1.807, 2.05) is 11.6 Å². The van der Waals surface area contributed by atoms with E-state index in [9.17, 15) is 0 Å². The Balaban J connectivity index is 1.93. The summed E-state index contributed by atoms with van der Waals surface area (Å²) in [5.41, 5.74) is 9.59. The lowest BCUT2D eigenvalue weighted by molar-refractivity contribution is 0.289. The summed E-state index contributed by atoms with van der Waals surface area (Å²) in [6, 6.07) is 7.08. The van der Waals surface area contributed by atoms with Gasteiger partial charge in [0.2, 0.25) is 0 Å². The monoisotopic (exact) mass is 288 g/mol. The predicted octanol–water partition coefficient (Wildman–Crippen LogP) is 1.98. The van der Waals surface area contributed by atoms with Crippen LogP contribution in [0.25, 0.3) is 0 Å². The Hall–Kier alpha value is -2.50. The molecule has 1 heterocycles. The number of hydrogen-bond donors (Lipinski definition) is 2. The highest BCUT2D eigenvalue weighted by Gasteiger charge is 2.07. The third-order valence-electron chi connectivity index (χ3n) is 3.57. The fourth-order valence-corrected chi connectivity index (χ4v) is 2.03. The zero-order valence-corrected chi connectivity index (χ0v) is 12.5. The molecule has 0 radical (unpaired) electrons. The van der Waals surface area contributed by atoms with Crippen LogP contribution in [0.1, 0.15) is 22.5 Å². The Morgan fingerprint density at radius 3 is 2.48 bits per heavy atom. The minimum atomic E-state index is 0.0830. The standard InChI is InChI=1S/C15H20N4O2/c1-10-11(2)17-19(12(10)3)8-9-21-14-6-4-13(5-7-14)15(16)18-20/h4-7,20H,8-9H2,1-3H3,(H2,16,18). The van der Waals surface area contributed by atoms with E-state index in [4.69, 9.17) is 15.7 Å². The molecular formula is C15H20N4O2. The molecule has 0 spiro atoms. The van der Waals surface area contributed by atoms with Crippen molar-refractivity contribution >= 4 is 5.84 Å². The quantitative estimate of drug-likeness (QED) is 0.381.